The minimum atomic E-state index is -0.267. The number of carbonyl (C=O) groups is 2. The Morgan fingerprint density at radius 1 is 0.905 bits per heavy atom. The number of hydrogen-bond donors (Lipinski definition) is 3. The SMILES string of the molecule is NCCCNCCCCNN1C(=O)c2ccccc2C1=O. The number of nitrogens with one attached hydrogen (secondary N) is 2. The molecule has 1 aromatic rings. The highest BCUT2D eigenvalue weighted by atomic mass is 16.2. The Hall–Kier alpha value is -1.76. The second-order valence-corrected chi connectivity index (χ2v) is 5.00. The van der Waals surface area contributed by atoms with Gasteiger partial charge in [-0.2, -0.15) is 0 Å². The Morgan fingerprint density at radius 2 is 1.48 bits per heavy atom. The molecule has 0 aromatic heterocycles. The zero-order chi connectivity index (χ0) is 15.1. The summed E-state index contributed by atoms with van der Waals surface area (Å²) in [6.45, 7) is 3.16. The van der Waals surface area contributed by atoms with E-state index in [0.717, 1.165) is 37.4 Å². The van der Waals surface area contributed by atoms with E-state index < -0.39 is 0 Å². The Balaban J connectivity index is 1.69. The molecule has 21 heavy (non-hydrogen) atoms. The average Bonchev–Trinajstić information content (AvgIpc) is 2.75. The summed E-state index contributed by atoms with van der Waals surface area (Å²) >= 11 is 0. The van der Waals surface area contributed by atoms with Gasteiger partial charge in [0, 0.05) is 6.54 Å². The van der Waals surface area contributed by atoms with Gasteiger partial charge in [0.2, 0.25) is 0 Å². The van der Waals surface area contributed by atoms with E-state index in [2.05, 4.69) is 10.7 Å². The van der Waals surface area contributed by atoms with Crippen molar-refractivity contribution in [3.8, 4) is 0 Å². The van der Waals surface area contributed by atoms with Crippen LogP contribution in [0.2, 0.25) is 0 Å². The molecule has 2 amide bonds. The molecule has 2 rings (SSSR count). The van der Waals surface area contributed by atoms with E-state index in [4.69, 9.17) is 5.73 Å². The Labute approximate surface area is 124 Å². The smallest absolute Gasteiger partial charge is 0.276 e. The van der Waals surface area contributed by atoms with E-state index in [0.29, 0.717) is 24.2 Å². The summed E-state index contributed by atoms with van der Waals surface area (Å²) in [5.41, 5.74) is 9.26. The second-order valence-electron chi connectivity index (χ2n) is 5.00. The van der Waals surface area contributed by atoms with Gasteiger partial charge in [-0.1, -0.05) is 12.1 Å². The van der Waals surface area contributed by atoms with E-state index in [-0.39, 0.29) is 11.8 Å². The van der Waals surface area contributed by atoms with E-state index in [1.807, 2.05) is 0 Å². The fourth-order valence-corrected chi connectivity index (χ4v) is 2.25. The first-order valence-corrected chi connectivity index (χ1v) is 7.38. The number of nitrogens with zero attached hydrogens (tertiary/aromatic N) is 1. The molecule has 0 unspecified atom stereocenters. The molecule has 0 fully saturated rings. The molecule has 0 atom stereocenters. The Morgan fingerprint density at radius 3 is 2.10 bits per heavy atom. The molecule has 0 aliphatic carbocycles. The van der Waals surface area contributed by atoms with Gasteiger partial charge in [0.25, 0.3) is 11.8 Å². The predicted octanol–water partition coefficient (Wildman–Crippen LogP) is 0.506. The highest BCUT2D eigenvalue weighted by Gasteiger charge is 2.34. The molecule has 1 aliphatic rings. The van der Waals surface area contributed by atoms with Gasteiger partial charge in [0.1, 0.15) is 0 Å². The molecule has 1 aromatic carbocycles. The van der Waals surface area contributed by atoms with Crippen molar-refractivity contribution in [3.05, 3.63) is 35.4 Å². The fraction of sp³-hybridized carbons (Fsp3) is 0.467. The van der Waals surface area contributed by atoms with Gasteiger partial charge >= 0.3 is 0 Å². The van der Waals surface area contributed by atoms with Crippen molar-refractivity contribution in [1.29, 1.82) is 0 Å². The van der Waals surface area contributed by atoms with Crippen LogP contribution in [0, 0.1) is 0 Å². The van der Waals surface area contributed by atoms with Gasteiger partial charge in [0.15, 0.2) is 0 Å². The lowest BCUT2D eigenvalue weighted by atomic mass is 10.1. The highest BCUT2D eigenvalue weighted by Crippen LogP contribution is 2.20. The van der Waals surface area contributed by atoms with Crippen LogP contribution in [0.25, 0.3) is 0 Å². The average molecular weight is 290 g/mol. The number of hydrazine groups is 1. The van der Waals surface area contributed by atoms with Crippen LogP contribution in [-0.4, -0.2) is 43.0 Å². The minimum Gasteiger partial charge on any atom is -0.330 e. The van der Waals surface area contributed by atoms with Crippen LogP contribution in [0.5, 0.6) is 0 Å². The van der Waals surface area contributed by atoms with Gasteiger partial charge in [-0.25, -0.2) is 10.4 Å². The molecular weight excluding hydrogens is 268 g/mol. The first kappa shape index (κ1) is 15.6. The van der Waals surface area contributed by atoms with Gasteiger partial charge < -0.3 is 11.1 Å². The van der Waals surface area contributed by atoms with Crippen molar-refractivity contribution in [2.45, 2.75) is 19.3 Å². The summed E-state index contributed by atoms with van der Waals surface area (Å²) in [5.74, 6) is -0.534. The number of unbranched alkanes of at least 4 members (excludes halogenated alkanes) is 1. The molecule has 6 nitrogen and oxygen atoms in total. The van der Waals surface area contributed by atoms with Crippen LogP contribution in [0.3, 0.4) is 0 Å². The molecule has 0 radical (unpaired) electrons. The third-order valence-electron chi connectivity index (χ3n) is 3.40. The van der Waals surface area contributed by atoms with E-state index in [1.54, 1.807) is 24.3 Å². The Bertz CT molecular complexity index is 469. The summed E-state index contributed by atoms with van der Waals surface area (Å²) in [5, 5.41) is 4.41. The van der Waals surface area contributed by atoms with E-state index >= 15 is 0 Å². The van der Waals surface area contributed by atoms with Crippen molar-refractivity contribution in [2.75, 3.05) is 26.2 Å². The summed E-state index contributed by atoms with van der Waals surface area (Å²) in [6, 6.07) is 6.89. The van der Waals surface area contributed by atoms with Gasteiger partial charge in [-0.05, 0) is 51.0 Å². The van der Waals surface area contributed by atoms with E-state index in [9.17, 15) is 9.59 Å². The topological polar surface area (TPSA) is 87.5 Å². The van der Waals surface area contributed by atoms with Crippen LogP contribution in [0.15, 0.2) is 24.3 Å². The van der Waals surface area contributed by atoms with Crippen molar-refractivity contribution in [1.82, 2.24) is 15.8 Å². The number of benzene rings is 1. The molecule has 114 valence electrons. The molecule has 1 heterocycles. The van der Waals surface area contributed by atoms with Crippen LogP contribution in [0.4, 0.5) is 0 Å². The molecule has 0 spiro atoms. The molecule has 4 N–H and O–H groups in total. The third-order valence-corrected chi connectivity index (χ3v) is 3.40. The van der Waals surface area contributed by atoms with Crippen LogP contribution >= 0.6 is 0 Å². The lowest BCUT2D eigenvalue weighted by Crippen LogP contribution is -2.42. The van der Waals surface area contributed by atoms with E-state index in [1.165, 1.54) is 0 Å². The molecular formula is C15H22N4O2. The summed E-state index contributed by atoms with van der Waals surface area (Å²) in [7, 11) is 0. The number of fused-ring (bicyclic) bond motifs is 1. The predicted molar refractivity (Wildman–Crippen MR) is 80.7 cm³/mol. The third kappa shape index (κ3) is 3.87. The quantitative estimate of drug-likeness (QED) is 0.455. The number of rotatable bonds is 9. The number of imide groups is 1. The molecule has 6 heteroatoms. The van der Waals surface area contributed by atoms with Crippen LogP contribution < -0.4 is 16.5 Å². The normalized spacial score (nSPS) is 13.9. The first-order chi connectivity index (χ1) is 10.3. The van der Waals surface area contributed by atoms with Crippen molar-refractivity contribution < 1.29 is 9.59 Å². The lowest BCUT2D eigenvalue weighted by molar-refractivity contribution is 0.0566. The van der Waals surface area contributed by atoms with Gasteiger partial charge in [-0.15, -0.1) is 0 Å². The van der Waals surface area contributed by atoms with Gasteiger partial charge in [-0.3, -0.25) is 9.59 Å². The number of amides is 2. The van der Waals surface area contributed by atoms with Crippen LogP contribution in [0.1, 0.15) is 40.0 Å². The maximum atomic E-state index is 12.1. The second kappa shape index (κ2) is 7.87. The first-order valence-electron chi connectivity index (χ1n) is 7.38. The van der Waals surface area contributed by atoms with Crippen molar-refractivity contribution in [2.24, 2.45) is 5.73 Å². The number of nitrogens with two attached hydrogens (primary N) is 1. The number of hydrogen-bond acceptors (Lipinski definition) is 5. The summed E-state index contributed by atoms with van der Waals surface area (Å²) in [6.07, 6.45) is 2.86. The van der Waals surface area contributed by atoms with Crippen LogP contribution in [-0.2, 0) is 0 Å². The van der Waals surface area contributed by atoms with Crippen molar-refractivity contribution in [3.63, 3.8) is 0 Å². The highest BCUT2D eigenvalue weighted by molar-refractivity contribution is 6.20. The largest absolute Gasteiger partial charge is 0.330 e. The minimum absolute atomic E-state index is 0.267. The zero-order valence-electron chi connectivity index (χ0n) is 12.1. The molecule has 0 saturated heterocycles. The number of carbonyl (C=O) groups excluding carboxylic acids is 2. The Kier molecular flexibility index (Phi) is 5.86. The maximum absolute atomic E-state index is 12.1. The molecule has 0 saturated carbocycles. The zero-order valence-corrected chi connectivity index (χ0v) is 12.1. The summed E-state index contributed by atoms with van der Waals surface area (Å²) < 4.78 is 0. The van der Waals surface area contributed by atoms with Crippen molar-refractivity contribution >= 4 is 11.8 Å². The lowest BCUT2D eigenvalue weighted by Gasteiger charge is -2.15. The summed E-state index contributed by atoms with van der Waals surface area (Å²) in [4.78, 5) is 24.1. The monoisotopic (exact) mass is 290 g/mol. The maximum Gasteiger partial charge on any atom is 0.276 e. The molecule has 0 bridgehead atoms. The van der Waals surface area contributed by atoms with Gasteiger partial charge in [0.05, 0.1) is 11.1 Å². The fourth-order valence-electron chi connectivity index (χ4n) is 2.25. The molecule has 1 aliphatic heterocycles. The standard InChI is InChI=1S/C15H22N4O2/c16-8-5-10-17-9-3-4-11-18-19-14(20)12-6-1-2-7-13(12)15(19)21/h1-2,6-7,17-18H,3-5,8-11,16H2.